The lowest BCUT2D eigenvalue weighted by atomic mass is 10.3. The number of sulfonamides is 2. The highest BCUT2D eigenvalue weighted by molar-refractivity contribution is 7.89. The maximum atomic E-state index is 13.4. The molecule has 1 aliphatic rings. The molecule has 0 aromatic carbocycles. The molecule has 174 valence electrons. The maximum absolute atomic E-state index is 13.4. The molecular weight excluding hydrogens is 440 g/mol. The summed E-state index contributed by atoms with van der Waals surface area (Å²) in [7, 11) is -5.86. The van der Waals surface area contributed by atoms with Crippen molar-refractivity contribution in [2.24, 2.45) is 7.05 Å². The second kappa shape index (κ2) is 8.30. The van der Waals surface area contributed by atoms with Crippen molar-refractivity contribution in [3.63, 3.8) is 0 Å². The van der Waals surface area contributed by atoms with E-state index in [-0.39, 0.29) is 42.0 Å². The van der Waals surface area contributed by atoms with Crippen molar-refractivity contribution in [1.29, 1.82) is 0 Å². The summed E-state index contributed by atoms with van der Waals surface area (Å²) >= 11 is 0. The molecule has 3 heterocycles. The first-order valence-electron chi connectivity index (χ1n) is 10.4. The lowest BCUT2D eigenvalue weighted by Gasteiger charge is -2.22. The van der Waals surface area contributed by atoms with E-state index in [0.717, 1.165) is 0 Å². The van der Waals surface area contributed by atoms with Crippen LogP contribution in [0.15, 0.2) is 9.79 Å². The number of aryl methyl sites for hydroxylation is 3. The molecule has 0 amide bonds. The predicted octanol–water partition coefficient (Wildman–Crippen LogP) is 1.52. The van der Waals surface area contributed by atoms with Crippen molar-refractivity contribution in [2.45, 2.75) is 63.8 Å². The molecule has 2 aromatic heterocycles. The Morgan fingerprint density at radius 3 is 1.58 bits per heavy atom. The van der Waals surface area contributed by atoms with Gasteiger partial charge in [0, 0.05) is 39.3 Å². The monoisotopic (exact) mass is 472 g/mol. The summed E-state index contributed by atoms with van der Waals surface area (Å²) in [6.45, 7) is 11.4. The number of rotatable bonds is 5. The molecule has 0 saturated carbocycles. The number of nitrogens with zero attached hydrogens (tertiary/aromatic N) is 6. The fraction of sp³-hybridized carbons (Fsp3) is 0.684. The highest BCUT2D eigenvalue weighted by Crippen LogP contribution is 2.28. The number of aromatic nitrogens is 4. The van der Waals surface area contributed by atoms with Gasteiger partial charge < -0.3 is 0 Å². The Kier molecular flexibility index (Phi) is 6.40. The molecule has 1 saturated heterocycles. The summed E-state index contributed by atoms with van der Waals surface area (Å²) in [6.07, 6.45) is 0.410. The quantitative estimate of drug-likeness (QED) is 0.652. The topological polar surface area (TPSA) is 110 Å². The van der Waals surface area contributed by atoms with Gasteiger partial charge in [-0.25, -0.2) is 16.8 Å². The van der Waals surface area contributed by atoms with Crippen molar-refractivity contribution < 1.29 is 16.8 Å². The van der Waals surface area contributed by atoms with E-state index in [9.17, 15) is 16.8 Å². The molecule has 0 spiro atoms. The van der Waals surface area contributed by atoms with Crippen LogP contribution in [0.1, 0.15) is 49.1 Å². The molecule has 0 bridgehead atoms. The third kappa shape index (κ3) is 4.06. The van der Waals surface area contributed by atoms with Crippen molar-refractivity contribution in [1.82, 2.24) is 28.2 Å². The zero-order chi connectivity index (χ0) is 23.3. The second-order valence-electron chi connectivity index (χ2n) is 8.32. The van der Waals surface area contributed by atoms with Gasteiger partial charge in [-0.1, -0.05) is 0 Å². The van der Waals surface area contributed by atoms with E-state index in [1.54, 1.807) is 44.1 Å². The van der Waals surface area contributed by atoms with Crippen LogP contribution in [0, 0.1) is 27.7 Å². The minimum Gasteiger partial charge on any atom is -0.271 e. The van der Waals surface area contributed by atoms with Crippen LogP contribution in [-0.4, -0.2) is 71.2 Å². The zero-order valence-electron chi connectivity index (χ0n) is 19.2. The Bertz CT molecular complexity index is 1190. The van der Waals surface area contributed by atoms with E-state index in [4.69, 9.17) is 0 Å². The van der Waals surface area contributed by atoms with Gasteiger partial charge in [0.1, 0.15) is 9.79 Å². The summed E-state index contributed by atoms with van der Waals surface area (Å²) in [4.78, 5) is 0.424. The summed E-state index contributed by atoms with van der Waals surface area (Å²) in [5.74, 6) is 0. The highest BCUT2D eigenvalue weighted by atomic mass is 32.2. The van der Waals surface area contributed by atoms with E-state index in [1.165, 1.54) is 8.61 Å². The van der Waals surface area contributed by atoms with E-state index < -0.39 is 20.0 Å². The van der Waals surface area contributed by atoms with E-state index in [2.05, 4.69) is 10.2 Å². The fourth-order valence-corrected chi connectivity index (χ4v) is 7.96. The van der Waals surface area contributed by atoms with Gasteiger partial charge >= 0.3 is 0 Å². The predicted molar refractivity (Wildman–Crippen MR) is 117 cm³/mol. The van der Waals surface area contributed by atoms with Crippen LogP contribution in [0.5, 0.6) is 0 Å². The molecule has 0 N–H and O–H groups in total. The molecule has 10 nitrogen and oxygen atoms in total. The highest BCUT2D eigenvalue weighted by Gasteiger charge is 2.36. The molecule has 31 heavy (non-hydrogen) atoms. The largest absolute Gasteiger partial charge is 0.271 e. The van der Waals surface area contributed by atoms with Gasteiger partial charge in [0.15, 0.2) is 0 Å². The average molecular weight is 473 g/mol. The Morgan fingerprint density at radius 1 is 0.742 bits per heavy atom. The molecule has 2 aromatic rings. The van der Waals surface area contributed by atoms with Crippen LogP contribution >= 0.6 is 0 Å². The fourth-order valence-electron chi connectivity index (χ4n) is 4.26. The number of hydrogen-bond acceptors (Lipinski definition) is 6. The summed E-state index contributed by atoms with van der Waals surface area (Å²) < 4.78 is 59.5. The first-order valence-corrected chi connectivity index (χ1v) is 13.2. The maximum Gasteiger partial charge on any atom is 0.246 e. The lowest BCUT2D eigenvalue weighted by Crippen LogP contribution is -2.38. The molecular formula is C19H32N6O4S2. The van der Waals surface area contributed by atoms with Crippen LogP contribution in [0.3, 0.4) is 0 Å². The molecule has 0 atom stereocenters. The Hall–Kier alpha value is -1.76. The van der Waals surface area contributed by atoms with Gasteiger partial charge in [-0.15, -0.1) is 0 Å². The average Bonchev–Trinajstić information content (AvgIpc) is 2.97. The Labute approximate surface area is 184 Å². The van der Waals surface area contributed by atoms with Gasteiger partial charge in [0.05, 0.1) is 22.8 Å². The van der Waals surface area contributed by atoms with Gasteiger partial charge in [0.2, 0.25) is 20.0 Å². The molecule has 0 radical (unpaired) electrons. The first kappa shape index (κ1) is 23.9. The zero-order valence-corrected chi connectivity index (χ0v) is 20.9. The van der Waals surface area contributed by atoms with Gasteiger partial charge in [0.25, 0.3) is 0 Å². The van der Waals surface area contributed by atoms with Crippen molar-refractivity contribution in [3.05, 3.63) is 22.8 Å². The lowest BCUT2D eigenvalue weighted by molar-refractivity contribution is 0.403. The molecule has 1 fully saturated rings. The Balaban J connectivity index is 1.90. The smallest absolute Gasteiger partial charge is 0.246 e. The number of hydrogen-bond donors (Lipinski definition) is 0. The van der Waals surface area contributed by atoms with Crippen LogP contribution in [0.25, 0.3) is 0 Å². The Morgan fingerprint density at radius 2 is 1.19 bits per heavy atom. The van der Waals surface area contributed by atoms with Gasteiger partial charge in [-0.05, 0) is 48.0 Å². The molecule has 12 heteroatoms. The van der Waals surface area contributed by atoms with Crippen molar-refractivity contribution >= 4 is 20.0 Å². The van der Waals surface area contributed by atoms with Crippen LogP contribution in [0.4, 0.5) is 0 Å². The SMILES string of the molecule is Cc1nn(C)c(C)c1S(=O)(=O)N1CCCN(S(=O)(=O)c2c(C)nn(C(C)C)c2C)CC1. The molecule has 3 rings (SSSR count). The van der Waals surface area contributed by atoms with Gasteiger partial charge in [-0.3, -0.25) is 9.36 Å². The van der Waals surface area contributed by atoms with E-state index in [1.807, 2.05) is 13.8 Å². The standard InChI is InChI=1S/C19H32N6O4S2/c1-13(2)25-17(6)19(15(4)21-25)31(28,29)24-10-8-9-23(11-12-24)30(26,27)18-14(3)20-22(7)16(18)5/h13H,8-12H2,1-7H3. The van der Waals surface area contributed by atoms with Crippen molar-refractivity contribution in [3.8, 4) is 0 Å². The normalized spacial score (nSPS) is 17.4. The van der Waals surface area contributed by atoms with E-state index >= 15 is 0 Å². The summed E-state index contributed by atoms with van der Waals surface area (Å²) in [5, 5.41) is 8.63. The van der Waals surface area contributed by atoms with Crippen LogP contribution in [-0.2, 0) is 27.1 Å². The first-order chi connectivity index (χ1) is 14.3. The minimum atomic E-state index is -3.79. The molecule has 1 aliphatic heterocycles. The molecule has 0 unspecified atom stereocenters. The van der Waals surface area contributed by atoms with Crippen molar-refractivity contribution in [2.75, 3.05) is 26.2 Å². The summed E-state index contributed by atoms with van der Waals surface area (Å²) in [6, 6.07) is 0.0402. The summed E-state index contributed by atoms with van der Waals surface area (Å²) in [5.41, 5.74) is 2.07. The minimum absolute atomic E-state index is 0.0402. The second-order valence-corrected chi connectivity index (χ2v) is 12.1. The van der Waals surface area contributed by atoms with Gasteiger partial charge in [-0.2, -0.15) is 18.8 Å². The van der Waals surface area contributed by atoms with E-state index in [0.29, 0.717) is 29.2 Å². The van der Waals surface area contributed by atoms with Crippen LogP contribution in [0.2, 0.25) is 0 Å². The third-order valence-corrected chi connectivity index (χ3v) is 10.1. The molecule has 0 aliphatic carbocycles. The van der Waals surface area contributed by atoms with Crippen LogP contribution < -0.4 is 0 Å². The third-order valence-electron chi connectivity index (χ3n) is 5.80.